The van der Waals surface area contributed by atoms with Crippen LogP contribution in [-0.2, 0) is 4.79 Å². The molecule has 1 fully saturated rings. The van der Waals surface area contributed by atoms with Crippen molar-refractivity contribution in [2.45, 2.75) is 6.92 Å². The Morgan fingerprint density at radius 1 is 0.966 bits per heavy atom. The minimum absolute atomic E-state index is 0.0683. The van der Waals surface area contributed by atoms with Gasteiger partial charge in [0.15, 0.2) is 5.78 Å². The van der Waals surface area contributed by atoms with Crippen LogP contribution >= 0.6 is 0 Å². The van der Waals surface area contributed by atoms with Crippen LogP contribution in [0.2, 0.25) is 0 Å². The highest BCUT2D eigenvalue weighted by molar-refractivity contribution is 5.97. The molecule has 1 saturated heterocycles. The molecule has 0 bridgehead atoms. The molecule has 6 nitrogen and oxygen atoms in total. The summed E-state index contributed by atoms with van der Waals surface area (Å²) < 4.78 is 19.0. The van der Waals surface area contributed by atoms with E-state index in [1.807, 2.05) is 24.0 Å². The second kappa shape index (κ2) is 10.1. The van der Waals surface area contributed by atoms with Crippen LogP contribution in [0.3, 0.4) is 0 Å². The van der Waals surface area contributed by atoms with Gasteiger partial charge in [0.05, 0.1) is 25.4 Å². The van der Waals surface area contributed by atoms with Crippen molar-refractivity contribution >= 4 is 17.4 Å². The van der Waals surface area contributed by atoms with Crippen molar-refractivity contribution in [3.8, 4) is 5.75 Å². The van der Waals surface area contributed by atoms with Crippen LogP contribution in [-0.4, -0.2) is 67.4 Å². The molecule has 2 aromatic rings. The molecule has 154 valence electrons. The van der Waals surface area contributed by atoms with Crippen LogP contribution in [0.25, 0.3) is 0 Å². The Hall–Kier alpha value is -2.77. The first-order chi connectivity index (χ1) is 14.0. The van der Waals surface area contributed by atoms with Gasteiger partial charge in [-0.05, 0) is 43.3 Å². The lowest BCUT2D eigenvalue weighted by molar-refractivity contribution is -0.117. The Morgan fingerprint density at radius 3 is 2.21 bits per heavy atom. The molecule has 1 heterocycles. The zero-order valence-electron chi connectivity index (χ0n) is 16.6. The number of anilines is 1. The van der Waals surface area contributed by atoms with E-state index in [1.54, 1.807) is 24.3 Å². The van der Waals surface area contributed by atoms with Crippen LogP contribution in [0, 0.1) is 5.82 Å². The van der Waals surface area contributed by atoms with E-state index in [0.717, 1.165) is 5.75 Å². The number of hydrogen-bond acceptors (Lipinski definition) is 5. The van der Waals surface area contributed by atoms with Gasteiger partial charge in [0, 0.05) is 31.7 Å². The zero-order valence-corrected chi connectivity index (χ0v) is 16.6. The van der Waals surface area contributed by atoms with Crippen molar-refractivity contribution in [3.63, 3.8) is 0 Å². The molecule has 29 heavy (non-hydrogen) atoms. The van der Waals surface area contributed by atoms with E-state index < -0.39 is 5.82 Å². The zero-order chi connectivity index (χ0) is 20.6. The van der Waals surface area contributed by atoms with Crippen LogP contribution < -0.4 is 10.1 Å². The first-order valence-corrected chi connectivity index (χ1v) is 9.80. The van der Waals surface area contributed by atoms with E-state index in [4.69, 9.17) is 4.74 Å². The molecular formula is C22H26FN3O3. The molecule has 0 unspecified atom stereocenters. The molecule has 1 amide bonds. The molecule has 7 heteroatoms. The van der Waals surface area contributed by atoms with Gasteiger partial charge < -0.3 is 10.1 Å². The molecule has 0 aromatic heterocycles. The number of carbonyl (C=O) groups is 2. The number of carbonyl (C=O) groups excluding carboxylic acids is 2. The highest BCUT2D eigenvalue weighted by Crippen LogP contribution is 2.14. The van der Waals surface area contributed by atoms with Crippen molar-refractivity contribution < 1.29 is 18.7 Å². The monoisotopic (exact) mass is 399 g/mol. The predicted octanol–water partition coefficient (Wildman–Crippen LogP) is 2.66. The summed E-state index contributed by atoms with van der Waals surface area (Å²) >= 11 is 0. The summed E-state index contributed by atoms with van der Waals surface area (Å²) in [7, 11) is 0. The van der Waals surface area contributed by atoms with Gasteiger partial charge in [-0.25, -0.2) is 4.39 Å². The van der Waals surface area contributed by atoms with Crippen molar-refractivity contribution in [1.82, 2.24) is 9.80 Å². The Morgan fingerprint density at radius 2 is 1.59 bits per heavy atom. The SMILES string of the molecule is CCOc1ccc(C(=O)CN2CCN(CC(=O)Nc3ccccc3F)CC2)cc1. The van der Waals surface area contributed by atoms with E-state index in [2.05, 4.69) is 10.2 Å². The number of halogens is 1. The lowest BCUT2D eigenvalue weighted by atomic mass is 10.1. The largest absolute Gasteiger partial charge is 0.494 e. The number of piperazine rings is 1. The number of ether oxygens (including phenoxy) is 1. The maximum Gasteiger partial charge on any atom is 0.238 e. The molecule has 0 spiro atoms. The summed E-state index contributed by atoms with van der Waals surface area (Å²) in [5.74, 6) is 0.137. The third-order valence-corrected chi connectivity index (χ3v) is 4.83. The average Bonchev–Trinajstić information content (AvgIpc) is 2.72. The molecule has 1 aliphatic rings. The normalized spacial score (nSPS) is 15.1. The maximum atomic E-state index is 13.6. The van der Waals surface area contributed by atoms with Crippen molar-refractivity contribution in [1.29, 1.82) is 0 Å². The van der Waals surface area contributed by atoms with E-state index in [1.165, 1.54) is 12.1 Å². The third kappa shape index (κ3) is 6.10. The summed E-state index contributed by atoms with van der Waals surface area (Å²) in [4.78, 5) is 28.7. The number of para-hydroxylation sites is 1. The minimum atomic E-state index is -0.446. The summed E-state index contributed by atoms with van der Waals surface area (Å²) in [6, 6.07) is 13.3. The fourth-order valence-electron chi connectivity index (χ4n) is 3.26. The van der Waals surface area contributed by atoms with Gasteiger partial charge in [-0.1, -0.05) is 12.1 Å². The summed E-state index contributed by atoms with van der Waals surface area (Å²) in [6.45, 7) is 5.84. The fourth-order valence-corrected chi connectivity index (χ4v) is 3.26. The summed E-state index contributed by atoms with van der Waals surface area (Å²) in [5.41, 5.74) is 0.859. The second-order valence-electron chi connectivity index (χ2n) is 6.96. The molecule has 1 N–H and O–H groups in total. The number of benzene rings is 2. The number of amides is 1. The maximum absolute atomic E-state index is 13.6. The number of rotatable bonds is 8. The molecule has 2 aromatic carbocycles. The molecule has 1 aliphatic heterocycles. The van der Waals surface area contributed by atoms with Crippen LogP contribution in [0.5, 0.6) is 5.75 Å². The second-order valence-corrected chi connectivity index (χ2v) is 6.96. The molecule has 0 atom stereocenters. The Labute approximate surface area is 170 Å². The van der Waals surface area contributed by atoms with E-state index >= 15 is 0 Å². The standard InChI is InChI=1S/C22H26FN3O3/c1-2-29-18-9-7-17(8-10-18)21(27)15-25-11-13-26(14-12-25)16-22(28)24-20-6-4-3-5-19(20)23/h3-10H,2,11-16H2,1H3,(H,24,28). The number of hydrogen-bond donors (Lipinski definition) is 1. The highest BCUT2D eigenvalue weighted by Gasteiger charge is 2.21. The van der Waals surface area contributed by atoms with Gasteiger partial charge in [-0.15, -0.1) is 0 Å². The van der Waals surface area contributed by atoms with E-state index in [9.17, 15) is 14.0 Å². The van der Waals surface area contributed by atoms with Gasteiger partial charge in [0.1, 0.15) is 11.6 Å². The summed E-state index contributed by atoms with van der Waals surface area (Å²) in [6.07, 6.45) is 0. The van der Waals surface area contributed by atoms with Gasteiger partial charge in [0.2, 0.25) is 5.91 Å². The number of nitrogens with zero attached hydrogens (tertiary/aromatic N) is 2. The molecule has 3 rings (SSSR count). The van der Waals surface area contributed by atoms with Gasteiger partial charge >= 0.3 is 0 Å². The summed E-state index contributed by atoms with van der Waals surface area (Å²) in [5, 5.41) is 2.60. The number of nitrogens with one attached hydrogen (secondary N) is 1. The van der Waals surface area contributed by atoms with Crippen LogP contribution in [0.4, 0.5) is 10.1 Å². The predicted molar refractivity (Wildman–Crippen MR) is 110 cm³/mol. The number of ketones is 1. The Kier molecular flexibility index (Phi) is 7.32. The van der Waals surface area contributed by atoms with Crippen molar-refractivity contribution in [3.05, 3.63) is 59.9 Å². The average molecular weight is 399 g/mol. The molecule has 0 saturated carbocycles. The van der Waals surface area contributed by atoms with E-state index in [0.29, 0.717) is 44.9 Å². The number of Topliss-reactive ketones (excluding diaryl/α,β-unsaturated/α-hetero) is 1. The van der Waals surface area contributed by atoms with Gasteiger partial charge in [-0.3, -0.25) is 19.4 Å². The van der Waals surface area contributed by atoms with Crippen LogP contribution in [0.1, 0.15) is 17.3 Å². The topological polar surface area (TPSA) is 61.9 Å². The lowest BCUT2D eigenvalue weighted by Gasteiger charge is -2.33. The van der Waals surface area contributed by atoms with E-state index in [-0.39, 0.29) is 23.9 Å². The first kappa shape index (κ1) is 21.0. The fraction of sp³-hybridized carbons (Fsp3) is 0.364. The quantitative estimate of drug-likeness (QED) is 0.692. The van der Waals surface area contributed by atoms with Gasteiger partial charge in [-0.2, -0.15) is 0 Å². The molecular weight excluding hydrogens is 373 g/mol. The van der Waals surface area contributed by atoms with Crippen LogP contribution in [0.15, 0.2) is 48.5 Å². The molecule has 0 aliphatic carbocycles. The van der Waals surface area contributed by atoms with Crippen molar-refractivity contribution in [2.75, 3.05) is 51.2 Å². The van der Waals surface area contributed by atoms with Crippen molar-refractivity contribution in [2.24, 2.45) is 0 Å². The lowest BCUT2D eigenvalue weighted by Crippen LogP contribution is -2.49. The minimum Gasteiger partial charge on any atom is -0.494 e. The highest BCUT2D eigenvalue weighted by atomic mass is 19.1. The molecule has 0 radical (unpaired) electrons. The first-order valence-electron chi connectivity index (χ1n) is 9.80. The Bertz CT molecular complexity index is 833. The van der Waals surface area contributed by atoms with Gasteiger partial charge in [0.25, 0.3) is 0 Å². The third-order valence-electron chi connectivity index (χ3n) is 4.83. The Balaban J connectivity index is 1.42. The smallest absolute Gasteiger partial charge is 0.238 e.